The van der Waals surface area contributed by atoms with Crippen molar-refractivity contribution >= 4 is 47.6 Å². The molecule has 1 aromatic heterocycles. The Kier molecular flexibility index (Phi) is 6.20. The summed E-state index contributed by atoms with van der Waals surface area (Å²) in [6, 6.07) is 13.9. The largest absolute Gasteiger partial charge is 0.283 e. The van der Waals surface area contributed by atoms with Gasteiger partial charge >= 0.3 is 0 Å². The smallest absolute Gasteiger partial charge is 0.264 e. The second kappa shape index (κ2) is 8.47. The van der Waals surface area contributed by atoms with Gasteiger partial charge in [-0.1, -0.05) is 28.1 Å². The van der Waals surface area contributed by atoms with Gasteiger partial charge in [-0.25, -0.2) is 31.5 Å². The normalized spacial score (nSPS) is 11.8. The van der Waals surface area contributed by atoms with E-state index in [-0.39, 0.29) is 22.3 Å². The molecule has 0 atom stereocenters. The molecule has 0 fully saturated rings. The lowest BCUT2D eigenvalue weighted by atomic mass is 10.2. The fourth-order valence-electron chi connectivity index (χ4n) is 2.40. The Morgan fingerprint density at radius 2 is 1.55 bits per heavy atom. The van der Waals surface area contributed by atoms with E-state index in [1.54, 1.807) is 37.3 Å². The number of benzene rings is 2. The minimum absolute atomic E-state index is 0.0377. The van der Waals surface area contributed by atoms with Crippen LogP contribution in [0, 0.1) is 6.92 Å². The Balaban J connectivity index is 1.71. The molecule has 0 saturated heterocycles. The molecule has 29 heavy (non-hydrogen) atoms. The molecule has 0 aliphatic heterocycles. The summed E-state index contributed by atoms with van der Waals surface area (Å²) >= 11 is 3.30. The summed E-state index contributed by atoms with van der Waals surface area (Å²) < 4.78 is 55.1. The Labute approximate surface area is 177 Å². The lowest BCUT2D eigenvalue weighted by molar-refractivity contribution is 0.599. The van der Waals surface area contributed by atoms with Crippen LogP contribution in [0.1, 0.15) is 11.3 Å². The average Bonchev–Trinajstić information content (AvgIpc) is 2.63. The van der Waals surface area contributed by atoms with Crippen molar-refractivity contribution in [2.45, 2.75) is 17.6 Å². The van der Waals surface area contributed by atoms with Gasteiger partial charge in [0.2, 0.25) is 16.0 Å². The number of rotatable bonds is 7. The van der Waals surface area contributed by atoms with E-state index in [2.05, 4.69) is 35.3 Å². The standard InChI is InChI=1S/C18H17BrN4O4S2/c1-13-10-11-20-18(21-13)23-29(26,27)17-8-6-16(7-9-17)22-28(24,25)12-14-2-4-15(19)5-3-14/h2-11,22H,12H2,1H3,(H,20,21,23). The van der Waals surface area contributed by atoms with Gasteiger partial charge in [-0.3, -0.25) is 4.72 Å². The summed E-state index contributed by atoms with van der Waals surface area (Å²) in [4.78, 5) is 7.82. The van der Waals surface area contributed by atoms with E-state index in [4.69, 9.17) is 0 Å². The molecule has 152 valence electrons. The van der Waals surface area contributed by atoms with Crippen molar-refractivity contribution in [3.63, 3.8) is 0 Å². The predicted molar refractivity (Wildman–Crippen MR) is 114 cm³/mol. The molecule has 0 radical (unpaired) electrons. The molecule has 0 aliphatic carbocycles. The first-order valence-corrected chi connectivity index (χ1v) is 12.2. The maximum atomic E-state index is 12.4. The van der Waals surface area contributed by atoms with Crippen molar-refractivity contribution in [3.8, 4) is 0 Å². The van der Waals surface area contributed by atoms with Gasteiger partial charge in [0.05, 0.1) is 10.6 Å². The molecule has 0 spiro atoms. The minimum atomic E-state index is -3.90. The molecule has 3 rings (SSSR count). The third-order valence-corrected chi connectivity index (χ3v) is 6.86. The molecular formula is C18H17BrN4O4S2. The number of anilines is 2. The fourth-order valence-corrected chi connectivity index (χ4v) is 4.81. The minimum Gasteiger partial charge on any atom is -0.283 e. The van der Waals surface area contributed by atoms with E-state index in [1.165, 1.54) is 30.5 Å². The maximum absolute atomic E-state index is 12.4. The highest BCUT2D eigenvalue weighted by Crippen LogP contribution is 2.19. The number of aromatic nitrogens is 2. The number of nitrogens with one attached hydrogen (secondary N) is 2. The van der Waals surface area contributed by atoms with Crippen LogP contribution >= 0.6 is 15.9 Å². The van der Waals surface area contributed by atoms with E-state index >= 15 is 0 Å². The summed E-state index contributed by atoms with van der Waals surface area (Å²) in [5.41, 5.74) is 1.50. The number of nitrogens with zero attached hydrogens (tertiary/aromatic N) is 2. The van der Waals surface area contributed by atoms with Crippen molar-refractivity contribution in [1.82, 2.24) is 9.97 Å². The molecule has 8 nitrogen and oxygen atoms in total. The molecule has 11 heteroatoms. The van der Waals surface area contributed by atoms with Crippen LogP contribution in [0.25, 0.3) is 0 Å². The zero-order valence-electron chi connectivity index (χ0n) is 15.2. The molecule has 0 aliphatic rings. The van der Waals surface area contributed by atoms with E-state index in [0.717, 1.165) is 4.47 Å². The van der Waals surface area contributed by atoms with Crippen molar-refractivity contribution < 1.29 is 16.8 Å². The third kappa shape index (κ3) is 5.99. The van der Waals surface area contributed by atoms with Crippen LogP contribution in [0.2, 0.25) is 0 Å². The lowest BCUT2D eigenvalue weighted by Gasteiger charge is -2.10. The van der Waals surface area contributed by atoms with Gasteiger partial charge in [-0.05, 0) is 55.0 Å². The van der Waals surface area contributed by atoms with Gasteiger partial charge in [0.25, 0.3) is 10.0 Å². The first-order valence-electron chi connectivity index (χ1n) is 8.30. The van der Waals surface area contributed by atoms with Gasteiger partial charge < -0.3 is 0 Å². The number of aryl methyl sites for hydroxylation is 1. The van der Waals surface area contributed by atoms with E-state index in [9.17, 15) is 16.8 Å². The van der Waals surface area contributed by atoms with Crippen LogP contribution in [-0.4, -0.2) is 26.8 Å². The van der Waals surface area contributed by atoms with Gasteiger partial charge in [0.15, 0.2) is 0 Å². The summed E-state index contributed by atoms with van der Waals surface area (Å²) in [7, 11) is -7.55. The number of halogens is 1. The number of hydrogen-bond donors (Lipinski definition) is 2. The summed E-state index contributed by atoms with van der Waals surface area (Å²) in [5, 5.41) is 0. The first-order chi connectivity index (χ1) is 13.6. The van der Waals surface area contributed by atoms with Gasteiger partial charge in [-0.2, -0.15) is 0 Å². The summed E-state index contributed by atoms with van der Waals surface area (Å²) in [5.74, 6) is -0.240. The highest BCUT2D eigenvalue weighted by Gasteiger charge is 2.17. The van der Waals surface area contributed by atoms with Crippen LogP contribution in [0.4, 0.5) is 11.6 Å². The second-order valence-electron chi connectivity index (χ2n) is 6.14. The van der Waals surface area contributed by atoms with Crippen LogP contribution in [0.5, 0.6) is 0 Å². The number of sulfonamides is 2. The van der Waals surface area contributed by atoms with E-state index < -0.39 is 20.0 Å². The van der Waals surface area contributed by atoms with Crippen LogP contribution in [-0.2, 0) is 25.8 Å². The first kappa shape index (κ1) is 21.2. The zero-order valence-corrected chi connectivity index (χ0v) is 18.4. The Hall–Kier alpha value is -2.50. The van der Waals surface area contributed by atoms with Gasteiger partial charge in [0, 0.05) is 22.1 Å². The molecule has 2 aromatic carbocycles. The van der Waals surface area contributed by atoms with Gasteiger partial charge in [0.1, 0.15) is 0 Å². The number of hydrogen-bond acceptors (Lipinski definition) is 6. The van der Waals surface area contributed by atoms with Crippen molar-refractivity contribution in [3.05, 3.63) is 76.5 Å². The van der Waals surface area contributed by atoms with Crippen molar-refractivity contribution in [2.24, 2.45) is 0 Å². The molecule has 1 heterocycles. The van der Waals surface area contributed by atoms with Crippen LogP contribution in [0.15, 0.2) is 70.2 Å². The highest BCUT2D eigenvalue weighted by atomic mass is 79.9. The molecule has 0 amide bonds. The highest BCUT2D eigenvalue weighted by molar-refractivity contribution is 9.10. The summed E-state index contributed by atoms with van der Waals surface area (Å²) in [6.07, 6.45) is 1.45. The SMILES string of the molecule is Cc1ccnc(NS(=O)(=O)c2ccc(NS(=O)(=O)Cc3ccc(Br)cc3)cc2)n1. The van der Waals surface area contributed by atoms with E-state index in [0.29, 0.717) is 11.3 Å². The molecular weight excluding hydrogens is 480 g/mol. The fraction of sp³-hybridized carbons (Fsp3) is 0.111. The van der Waals surface area contributed by atoms with Crippen LogP contribution in [0.3, 0.4) is 0 Å². The molecule has 2 N–H and O–H groups in total. The Bertz CT molecular complexity index is 1210. The van der Waals surface area contributed by atoms with Crippen molar-refractivity contribution in [2.75, 3.05) is 9.44 Å². The molecule has 0 bridgehead atoms. The van der Waals surface area contributed by atoms with Crippen LogP contribution < -0.4 is 9.44 Å². The quantitative estimate of drug-likeness (QED) is 0.517. The predicted octanol–water partition coefficient (Wildman–Crippen LogP) is 3.29. The lowest BCUT2D eigenvalue weighted by Crippen LogP contribution is -2.16. The van der Waals surface area contributed by atoms with E-state index in [1.807, 2.05) is 0 Å². The second-order valence-corrected chi connectivity index (χ2v) is 10.5. The average molecular weight is 497 g/mol. The zero-order chi connectivity index (χ0) is 21.1. The topological polar surface area (TPSA) is 118 Å². The monoisotopic (exact) mass is 496 g/mol. The molecule has 0 saturated carbocycles. The van der Waals surface area contributed by atoms with Gasteiger partial charge in [-0.15, -0.1) is 0 Å². The third-order valence-electron chi connectivity index (χ3n) is 3.73. The Morgan fingerprint density at radius 3 is 2.17 bits per heavy atom. The summed E-state index contributed by atoms with van der Waals surface area (Å²) in [6.45, 7) is 1.72. The van der Waals surface area contributed by atoms with Crippen molar-refractivity contribution in [1.29, 1.82) is 0 Å². The molecule has 0 unspecified atom stereocenters. The molecule has 3 aromatic rings. The maximum Gasteiger partial charge on any atom is 0.264 e. The Morgan fingerprint density at radius 1 is 0.897 bits per heavy atom.